The van der Waals surface area contributed by atoms with Crippen molar-refractivity contribution < 1.29 is 14.3 Å². The van der Waals surface area contributed by atoms with Gasteiger partial charge < -0.3 is 9.47 Å². The molecule has 0 aliphatic carbocycles. The van der Waals surface area contributed by atoms with Gasteiger partial charge in [0.2, 0.25) is 0 Å². The second kappa shape index (κ2) is 15.9. The molecule has 1 aromatic heterocycles. The van der Waals surface area contributed by atoms with Gasteiger partial charge >= 0.3 is 5.97 Å². The average molecular weight is 517 g/mol. The molecule has 3 aromatic rings. The predicted molar refractivity (Wildman–Crippen MR) is 155 cm³/mol. The van der Waals surface area contributed by atoms with Crippen molar-refractivity contribution in [3.8, 4) is 28.3 Å². The maximum absolute atomic E-state index is 11.9. The first-order valence-electron chi connectivity index (χ1n) is 14.3. The summed E-state index contributed by atoms with van der Waals surface area (Å²) in [6.07, 6.45) is 14.7. The van der Waals surface area contributed by atoms with E-state index in [1.807, 2.05) is 57.4 Å². The predicted octanol–water partition coefficient (Wildman–Crippen LogP) is 8.46. The SMILES string of the molecule is CCCCCCCCCc1ccc(-c2ncc(-c3ccc(OCC(C)OC(=O)C(C)CC)cc3)cn2)cc1. The van der Waals surface area contributed by atoms with Crippen LogP contribution in [0.1, 0.15) is 84.6 Å². The lowest BCUT2D eigenvalue weighted by Gasteiger charge is -2.16. The molecular formula is C33H44N2O3. The lowest BCUT2D eigenvalue weighted by Crippen LogP contribution is -2.25. The molecule has 0 N–H and O–H groups in total. The molecule has 0 saturated carbocycles. The topological polar surface area (TPSA) is 61.3 Å². The average Bonchev–Trinajstić information content (AvgIpc) is 2.96. The van der Waals surface area contributed by atoms with Gasteiger partial charge in [-0.25, -0.2) is 9.97 Å². The van der Waals surface area contributed by atoms with Crippen LogP contribution < -0.4 is 4.74 Å². The van der Waals surface area contributed by atoms with Crippen LogP contribution in [0.3, 0.4) is 0 Å². The van der Waals surface area contributed by atoms with Crippen LogP contribution in [0.2, 0.25) is 0 Å². The lowest BCUT2D eigenvalue weighted by molar-refractivity contribution is -0.154. The molecule has 0 aliphatic rings. The number of carbonyl (C=O) groups excluding carboxylic acids is 1. The Morgan fingerprint density at radius 3 is 2.00 bits per heavy atom. The number of aryl methyl sites for hydroxylation is 1. The van der Waals surface area contributed by atoms with E-state index in [1.54, 1.807) is 0 Å². The number of ether oxygens (including phenoxy) is 2. The van der Waals surface area contributed by atoms with E-state index < -0.39 is 0 Å². The van der Waals surface area contributed by atoms with Gasteiger partial charge in [0.05, 0.1) is 5.92 Å². The number of nitrogens with zero attached hydrogens (tertiary/aromatic N) is 2. The fraction of sp³-hybridized carbons (Fsp3) is 0.485. The Morgan fingerprint density at radius 2 is 1.37 bits per heavy atom. The summed E-state index contributed by atoms with van der Waals surface area (Å²) in [5.74, 6) is 1.19. The molecule has 1 heterocycles. The summed E-state index contributed by atoms with van der Waals surface area (Å²) in [4.78, 5) is 21.1. The maximum atomic E-state index is 11.9. The molecule has 0 amide bonds. The Morgan fingerprint density at radius 1 is 0.763 bits per heavy atom. The van der Waals surface area contributed by atoms with Gasteiger partial charge in [0.25, 0.3) is 0 Å². The normalized spacial score (nSPS) is 12.6. The molecule has 0 saturated heterocycles. The molecule has 0 fully saturated rings. The Labute approximate surface area is 229 Å². The van der Waals surface area contributed by atoms with Crippen LogP contribution in [-0.4, -0.2) is 28.6 Å². The van der Waals surface area contributed by atoms with Crippen molar-refractivity contribution in [2.75, 3.05) is 6.61 Å². The number of hydrogen-bond donors (Lipinski definition) is 0. The van der Waals surface area contributed by atoms with E-state index in [9.17, 15) is 4.79 Å². The van der Waals surface area contributed by atoms with Crippen molar-refractivity contribution in [2.45, 2.75) is 91.6 Å². The number of benzene rings is 2. The van der Waals surface area contributed by atoms with Crippen LogP contribution >= 0.6 is 0 Å². The molecule has 0 radical (unpaired) electrons. The highest BCUT2D eigenvalue weighted by Crippen LogP contribution is 2.24. The third-order valence-electron chi connectivity index (χ3n) is 6.94. The Kier molecular flexibility index (Phi) is 12.3. The van der Waals surface area contributed by atoms with Gasteiger partial charge in [-0.05, 0) is 49.4 Å². The van der Waals surface area contributed by atoms with E-state index in [0.717, 1.165) is 41.1 Å². The molecule has 2 unspecified atom stereocenters. The Bertz CT molecular complexity index is 1080. The zero-order valence-electron chi connectivity index (χ0n) is 23.6. The summed E-state index contributed by atoms with van der Waals surface area (Å²) >= 11 is 0. The van der Waals surface area contributed by atoms with Gasteiger partial charge in [-0.2, -0.15) is 0 Å². The van der Waals surface area contributed by atoms with Crippen molar-refractivity contribution in [3.05, 3.63) is 66.5 Å². The van der Waals surface area contributed by atoms with Crippen LogP contribution in [0, 0.1) is 5.92 Å². The number of hydrogen-bond acceptors (Lipinski definition) is 5. The van der Waals surface area contributed by atoms with E-state index in [1.165, 1.54) is 50.5 Å². The van der Waals surface area contributed by atoms with Gasteiger partial charge in [-0.1, -0.05) is 95.7 Å². The quantitative estimate of drug-likeness (QED) is 0.141. The summed E-state index contributed by atoms with van der Waals surface area (Å²) in [6.45, 7) is 8.27. The van der Waals surface area contributed by atoms with Gasteiger partial charge in [-0.15, -0.1) is 0 Å². The van der Waals surface area contributed by atoms with Gasteiger partial charge in [0.15, 0.2) is 5.82 Å². The summed E-state index contributed by atoms with van der Waals surface area (Å²) in [7, 11) is 0. The number of aromatic nitrogens is 2. The largest absolute Gasteiger partial charge is 0.490 e. The van der Waals surface area contributed by atoms with Gasteiger partial charge in [0, 0.05) is 23.5 Å². The minimum absolute atomic E-state index is 0.0931. The van der Waals surface area contributed by atoms with Crippen LogP contribution in [0.25, 0.3) is 22.5 Å². The third-order valence-corrected chi connectivity index (χ3v) is 6.94. The van der Waals surface area contributed by atoms with Crippen LogP contribution in [0.5, 0.6) is 5.75 Å². The summed E-state index contributed by atoms with van der Waals surface area (Å²) in [6, 6.07) is 16.5. The standard InChI is InChI=1S/C33H44N2O3/c1-5-7-8-9-10-11-12-13-27-14-16-29(17-15-27)32-34-22-30(23-35-32)28-18-20-31(21-19-28)37-24-26(4)38-33(36)25(3)6-2/h14-23,25-26H,5-13,24H2,1-4H3. The number of unbranched alkanes of at least 4 members (excludes halogenated alkanes) is 6. The van der Waals surface area contributed by atoms with Crippen molar-refractivity contribution in [1.29, 1.82) is 0 Å². The lowest BCUT2D eigenvalue weighted by atomic mass is 10.0. The molecule has 2 aromatic carbocycles. The molecule has 0 bridgehead atoms. The monoisotopic (exact) mass is 516 g/mol. The summed E-state index contributed by atoms with van der Waals surface area (Å²) in [5.41, 5.74) is 4.38. The molecule has 5 nitrogen and oxygen atoms in total. The van der Waals surface area contributed by atoms with E-state index in [2.05, 4.69) is 41.2 Å². The van der Waals surface area contributed by atoms with Crippen LogP contribution in [0.4, 0.5) is 0 Å². The summed E-state index contributed by atoms with van der Waals surface area (Å²) in [5, 5.41) is 0. The number of carbonyl (C=O) groups is 1. The first-order valence-corrected chi connectivity index (χ1v) is 14.3. The molecular weight excluding hydrogens is 472 g/mol. The van der Waals surface area contributed by atoms with Crippen LogP contribution in [-0.2, 0) is 16.0 Å². The molecule has 2 atom stereocenters. The Balaban J connectivity index is 1.46. The highest BCUT2D eigenvalue weighted by Gasteiger charge is 2.16. The smallest absolute Gasteiger partial charge is 0.309 e. The van der Waals surface area contributed by atoms with E-state index >= 15 is 0 Å². The minimum Gasteiger partial charge on any atom is -0.490 e. The van der Waals surface area contributed by atoms with Crippen molar-refractivity contribution in [3.63, 3.8) is 0 Å². The molecule has 204 valence electrons. The van der Waals surface area contributed by atoms with E-state index in [-0.39, 0.29) is 18.0 Å². The molecule has 0 spiro atoms. The van der Waals surface area contributed by atoms with Gasteiger partial charge in [0.1, 0.15) is 18.5 Å². The molecule has 3 rings (SSSR count). The number of esters is 1. The highest BCUT2D eigenvalue weighted by atomic mass is 16.6. The zero-order valence-corrected chi connectivity index (χ0v) is 23.6. The minimum atomic E-state index is -0.300. The number of rotatable bonds is 16. The summed E-state index contributed by atoms with van der Waals surface area (Å²) < 4.78 is 11.2. The third kappa shape index (κ3) is 9.59. The maximum Gasteiger partial charge on any atom is 0.309 e. The highest BCUT2D eigenvalue weighted by molar-refractivity contribution is 5.72. The van der Waals surface area contributed by atoms with Crippen LogP contribution in [0.15, 0.2) is 60.9 Å². The zero-order chi connectivity index (χ0) is 27.2. The van der Waals surface area contributed by atoms with E-state index in [0.29, 0.717) is 6.61 Å². The van der Waals surface area contributed by atoms with Crippen molar-refractivity contribution in [1.82, 2.24) is 9.97 Å². The Hall–Kier alpha value is -3.21. The fourth-order valence-electron chi connectivity index (χ4n) is 4.21. The first kappa shape index (κ1) is 29.3. The van der Waals surface area contributed by atoms with E-state index in [4.69, 9.17) is 9.47 Å². The second-order valence-electron chi connectivity index (χ2n) is 10.3. The van der Waals surface area contributed by atoms with Gasteiger partial charge in [-0.3, -0.25) is 4.79 Å². The molecule has 5 heteroatoms. The van der Waals surface area contributed by atoms with Crippen molar-refractivity contribution in [2.24, 2.45) is 5.92 Å². The molecule has 0 aliphatic heterocycles. The molecule has 38 heavy (non-hydrogen) atoms. The van der Waals surface area contributed by atoms with Crippen molar-refractivity contribution >= 4 is 5.97 Å². The first-order chi connectivity index (χ1) is 18.5. The second-order valence-corrected chi connectivity index (χ2v) is 10.3. The fourth-order valence-corrected chi connectivity index (χ4v) is 4.21.